The summed E-state index contributed by atoms with van der Waals surface area (Å²) in [7, 11) is 0. The Morgan fingerprint density at radius 2 is 2.05 bits per heavy atom. The Hall–Kier alpha value is -2.21. The zero-order valence-electron chi connectivity index (χ0n) is 11.4. The van der Waals surface area contributed by atoms with Crippen LogP contribution < -0.4 is 4.74 Å². The largest absolute Gasteiger partial charge is 0.488 e. The van der Waals surface area contributed by atoms with E-state index in [-0.39, 0.29) is 0 Å². The minimum Gasteiger partial charge on any atom is -0.488 e. The molecule has 0 saturated carbocycles. The van der Waals surface area contributed by atoms with Gasteiger partial charge in [-0.2, -0.15) is 5.21 Å². The van der Waals surface area contributed by atoms with Crippen molar-refractivity contribution >= 4 is 15.9 Å². The molecule has 6 heteroatoms. The summed E-state index contributed by atoms with van der Waals surface area (Å²) in [4.78, 5) is 0. The maximum atomic E-state index is 5.86. The van der Waals surface area contributed by atoms with Crippen LogP contribution in [-0.4, -0.2) is 20.6 Å². The van der Waals surface area contributed by atoms with Gasteiger partial charge < -0.3 is 4.74 Å². The molecule has 0 spiro atoms. The second kappa shape index (κ2) is 6.05. The molecule has 0 aliphatic heterocycles. The first-order chi connectivity index (χ1) is 10.2. The molecule has 3 aromatic rings. The molecule has 1 heterocycles. The fourth-order valence-electron chi connectivity index (χ4n) is 1.97. The standard InChI is InChI=1S/C15H13BrN4O/c1-10-4-2-3-5-12(10)9-21-14-7-6-11(8-13(14)16)15-17-19-20-18-15/h2-8H,9H2,1H3,(H,17,18,19,20). The number of benzene rings is 2. The summed E-state index contributed by atoms with van der Waals surface area (Å²) in [6.45, 7) is 2.61. The summed E-state index contributed by atoms with van der Waals surface area (Å²) < 4.78 is 6.72. The molecule has 0 radical (unpaired) electrons. The van der Waals surface area contributed by atoms with Crippen molar-refractivity contribution in [1.82, 2.24) is 20.6 Å². The molecule has 21 heavy (non-hydrogen) atoms. The summed E-state index contributed by atoms with van der Waals surface area (Å²) in [5.74, 6) is 1.34. The molecular formula is C15H13BrN4O. The van der Waals surface area contributed by atoms with Gasteiger partial charge in [0.05, 0.1) is 4.47 Å². The van der Waals surface area contributed by atoms with E-state index in [1.54, 1.807) is 0 Å². The third-order valence-electron chi connectivity index (χ3n) is 3.18. The van der Waals surface area contributed by atoms with Gasteiger partial charge in [-0.3, -0.25) is 0 Å². The lowest BCUT2D eigenvalue weighted by Gasteiger charge is -2.10. The molecule has 1 N–H and O–H groups in total. The van der Waals surface area contributed by atoms with E-state index in [2.05, 4.69) is 55.6 Å². The zero-order valence-corrected chi connectivity index (χ0v) is 13.0. The van der Waals surface area contributed by atoms with Crippen LogP contribution in [0.2, 0.25) is 0 Å². The van der Waals surface area contributed by atoms with E-state index in [0.717, 1.165) is 15.8 Å². The highest BCUT2D eigenvalue weighted by Crippen LogP contribution is 2.29. The van der Waals surface area contributed by atoms with Crippen molar-refractivity contribution < 1.29 is 4.74 Å². The van der Waals surface area contributed by atoms with Crippen molar-refractivity contribution in [2.45, 2.75) is 13.5 Å². The third kappa shape index (κ3) is 3.11. The summed E-state index contributed by atoms with van der Waals surface area (Å²) >= 11 is 3.51. The van der Waals surface area contributed by atoms with Gasteiger partial charge in [0.2, 0.25) is 5.82 Å². The topological polar surface area (TPSA) is 63.7 Å². The van der Waals surface area contributed by atoms with Gasteiger partial charge in [-0.15, -0.1) is 10.2 Å². The monoisotopic (exact) mass is 344 g/mol. The highest BCUT2D eigenvalue weighted by Gasteiger charge is 2.08. The number of nitrogens with zero attached hydrogens (tertiary/aromatic N) is 3. The first-order valence-corrected chi connectivity index (χ1v) is 7.24. The molecule has 106 valence electrons. The van der Waals surface area contributed by atoms with Crippen LogP contribution in [0.1, 0.15) is 11.1 Å². The van der Waals surface area contributed by atoms with Crippen LogP contribution in [0.15, 0.2) is 46.9 Å². The zero-order chi connectivity index (χ0) is 14.7. The first kappa shape index (κ1) is 13.8. The van der Waals surface area contributed by atoms with Crippen LogP contribution in [0.25, 0.3) is 11.4 Å². The van der Waals surface area contributed by atoms with Crippen molar-refractivity contribution in [2.24, 2.45) is 0 Å². The molecule has 0 aliphatic rings. The molecule has 0 atom stereocenters. The summed E-state index contributed by atoms with van der Waals surface area (Å²) in [5, 5.41) is 13.9. The number of ether oxygens (including phenoxy) is 1. The number of hydrogen-bond donors (Lipinski definition) is 1. The molecule has 3 rings (SSSR count). The molecule has 2 aromatic carbocycles. The molecule has 0 saturated heterocycles. The molecule has 0 aliphatic carbocycles. The van der Waals surface area contributed by atoms with Gasteiger partial charge in [0.15, 0.2) is 0 Å². The normalized spacial score (nSPS) is 10.6. The van der Waals surface area contributed by atoms with E-state index < -0.39 is 0 Å². The molecule has 0 fully saturated rings. The van der Waals surface area contributed by atoms with Gasteiger partial charge >= 0.3 is 0 Å². The van der Waals surface area contributed by atoms with Gasteiger partial charge in [-0.25, -0.2) is 0 Å². The number of halogens is 1. The summed E-state index contributed by atoms with van der Waals surface area (Å²) in [5.41, 5.74) is 3.27. The second-order valence-corrected chi connectivity index (χ2v) is 5.45. The number of rotatable bonds is 4. The average Bonchev–Trinajstić information content (AvgIpc) is 3.02. The predicted octanol–water partition coefficient (Wildman–Crippen LogP) is 3.52. The Morgan fingerprint density at radius 3 is 2.76 bits per heavy atom. The predicted molar refractivity (Wildman–Crippen MR) is 82.8 cm³/mol. The number of hydrogen-bond acceptors (Lipinski definition) is 4. The average molecular weight is 345 g/mol. The van der Waals surface area contributed by atoms with E-state index in [4.69, 9.17) is 4.74 Å². The second-order valence-electron chi connectivity index (χ2n) is 4.60. The highest BCUT2D eigenvalue weighted by molar-refractivity contribution is 9.10. The quantitative estimate of drug-likeness (QED) is 0.786. The number of H-pyrrole nitrogens is 1. The van der Waals surface area contributed by atoms with Crippen molar-refractivity contribution in [3.05, 3.63) is 58.1 Å². The number of aromatic amines is 1. The molecule has 1 aromatic heterocycles. The van der Waals surface area contributed by atoms with Gasteiger partial charge in [0.1, 0.15) is 12.4 Å². The first-order valence-electron chi connectivity index (χ1n) is 6.45. The van der Waals surface area contributed by atoms with Crippen LogP contribution in [0.4, 0.5) is 0 Å². The number of tetrazole rings is 1. The van der Waals surface area contributed by atoms with Crippen molar-refractivity contribution in [3.8, 4) is 17.1 Å². The van der Waals surface area contributed by atoms with E-state index in [0.29, 0.717) is 12.4 Å². The van der Waals surface area contributed by atoms with Crippen LogP contribution >= 0.6 is 15.9 Å². The van der Waals surface area contributed by atoms with E-state index >= 15 is 0 Å². The highest BCUT2D eigenvalue weighted by atomic mass is 79.9. The van der Waals surface area contributed by atoms with Crippen LogP contribution in [-0.2, 0) is 6.61 Å². The Kier molecular flexibility index (Phi) is 3.96. The Labute approximate surface area is 130 Å². The molecule has 0 bridgehead atoms. The lowest BCUT2D eigenvalue weighted by Crippen LogP contribution is -1.98. The number of aromatic nitrogens is 4. The summed E-state index contributed by atoms with van der Waals surface area (Å²) in [6, 6.07) is 13.9. The van der Waals surface area contributed by atoms with E-state index in [1.165, 1.54) is 11.1 Å². The minimum atomic E-state index is 0.535. The number of nitrogens with one attached hydrogen (secondary N) is 1. The van der Waals surface area contributed by atoms with Crippen molar-refractivity contribution in [1.29, 1.82) is 0 Å². The molecule has 0 amide bonds. The fourth-order valence-corrected chi connectivity index (χ4v) is 2.46. The maximum absolute atomic E-state index is 5.86. The third-order valence-corrected chi connectivity index (χ3v) is 3.80. The van der Waals surface area contributed by atoms with Gasteiger partial charge in [-0.05, 0) is 57.4 Å². The van der Waals surface area contributed by atoms with Gasteiger partial charge in [0.25, 0.3) is 0 Å². The summed E-state index contributed by atoms with van der Waals surface area (Å²) in [6.07, 6.45) is 0. The smallest absolute Gasteiger partial charge is 0.204 e. The van der Waals surface area contributed by atoms with Gasteiger partial charge in [0, 0.05) is 5.56 Å². The SMILES string of the molecule is Cc1ccccc1COc1ccc(-c2nn[nH]n2)cc1Br. The Morgan fingerprint density at radius 1 is 1.19 bits per heavy atom. The Bertz CT molecular complexity index is 743. The Balaban J connectivity index is 1.76. The lowest BCUT2D eigenvalue weighted by atomic mass is 10.1. The molecule has 0 unspecified atom stereocenters. The lowest BCUT2D eigenvalue weighted by molar-refractivity contribution is 0.303. The maximum Gasteiger partial charge on any atom is 0.204 e. The van der Waals surface area contributed by atoms with Gasteiger partial charge in [-0.1, -0.05) is 24.3 Å². The van der Waals surface area contributed by atoms with E-state index in [1.807, 2.05) is 30.3 Å². The van der Waals surface area contributed by atoms with Crippen LogP contribution in [0.3, 0.4) is 0 Å². The minimum absolute atomic E-state index is 0.535. The van der Waals surface area contributed by atoms with Crippen LogP contribution in [0, 0.1) is 6.92 Å². The fraction of sp³-hybridized carbons (Fsp3) is 0.133. The molecule has 5 nitrogen and oxygen atoms in total. The van der Waals surface area contributed by atoms with E-state index in [9.17, 15) is 0 Å². The number of aryl methyl sites for hydroxylation is 1. The van der Waals surface area contributed by atoms with Crippen molar-refractivity contribution in [3.63, 3.8) is 0 Å². The van der Waals surface area contributed by atoms with Crippen LogP contribution in [0.5, 0.6) is 5.75 Å². The van der Waals surface area contributed by atoms with Crippen molar-refractivity contribution in [2.75, 3.05) is 0 Å². The molecular weight excluding hydrogens is 332 g/mol.